The third kappa shape index (κ3) is 3.20. The second kappa shape index (κ2) is 6.32. The molecule has 1 heterocycles. The van der Waals surface area contributed by atoms with E-state index >= 15 is 0 Å². The second-order valence-corrected chi connectivity index (χ2v) is 6.01. The van der Waals surface area contributed by atoms with Crippen molar-refractivity contribution in [3.05, 3.63) is 64.7 Å². The van der Waals surface area contributed by atoms with Gasteiger partial charge in [-0.15, -0.1) is 0 Å². The van der Waals surface area contributed by atoms with Gasteiger partial charge in [0.15, 0.2) is 0 Å². The highest BCUT2D eigenvalue weighted by atomic mass is 16.1. The lowest BCUT2D eigenvalue weighted by atomic mass is 9.92. The first-order valence-electron chi connectivity index (χ1n) is 7.82. The summed E-state index contributed by atoms with van der Waals surface area (Å²) in [6.45, 7) is 5.06. The molecule has 2 aromatic carbocycles. The number of anilines is 1. The van der Waals surface area contributed by atoms with Gasteiger partial charge in [0.25, 0.3) is 0 Å². The molecular weight excluding hydrogens is 272 g/mol. The first kappa shape index (κ1) is 14.8. The summed E-state index contributed by atoms with van der Waals surface area (Å²) in [5, 5.41) is 6.46. The summed E-state index contributed by atoms with van der Waals surface area (Å²) in [7, 11) is 0. The molecule has 0 saturated carbocycles. The maximum absolute atomic E-state index is 12.3. The fourth-order valence-corrected chi connectivity index (χ4v) is 2.99. The molecule has 2 N–H and O–H groups in total. The third-order valence-electron chi connectivity index (χ3n) is 4.40. The Labute approximate surface area is 131 Å². The number of carbonyl (C=O) groups excluding carboxylic acids is 1. The second-order valence-electron chi connectivity index (χ2n) is 6.01. The van der Waals surface area contributed by atoms with E-state index in [0.717, 1.165) is 18.7 Å². The van der Waals surface area contributed by atoms with Crippen LogP contribution in [-0.2, 0) is 11.2 Å². The summed E-state index contributed by atoms with van der Waals surface area (Å²) >= 11 is 0. The molecule has 22 heavy (non-hydrogen) atoms. The van der Waals surface area contributed by atoms with Crippen LogP contribution in [0.2, 0.25) is 0 Å². The number of hydrogen-bond donors (Lipinski definition) is 2. The highest BCUT2D eigenvalue weighted by Gasteiger charge is 2.21. The Morgan fingerprint density at radius 3 is 2.82 bits per heavy atom. The van der Waals surface area contributed by atoms with Crippen LogP contribution in [0.5, 0.6) is 0 Å². The zero-order valence-corrected chi connectivity index (χ0v) is 13.1. The van der Waals surface area contributed by atoms with E-state index in [0.29, 0.717) is 6.42 Å². The van der Waals surface area contributed by atoms with Crippen molar-refractivity contribution in [3.63, 3.8) is 0 Å². The van der Waals surface area contributed by atoms with Crippen LogP contribution in [0, 0.1) is 13.8 Å². The van der Waals surface area contributed by atoms with Gasteiger partial charge in [-0.3, -0.25) is 4.79 Å². The van der Waals surface area contributed by atoms with E-state index in [4.69, 9.17) is 0 Å². The lowest BCUT2D eigenvalue weighted by Crippen LogP contribution is -2.32. The van der Waals surface area contributed by atoms with Gasteiger partial charge in [0, 0.05) is 18.2 Å². The molecule has 3 heteroatoms. The van der Waals surface area contributed by atoms with Crippen molar-refractivity contribution in [1.29, 1.82) is 0 Å². The van der Waals surface area contributed by atoms with Gasteiger partial charge in [-0.2, -0.15) is 0 Å². The standard InChI is InChI=1S/C19H22N2O/c1-13-7-8-16(11-14(13)2)21-19(22)12-18-17-6-4-3-5-15(17)9-10-20-18/h3-8,11,18,20H,9-10,12H2,1-2H3,(H,21,22). The fourth-order valence-electron chi connectivity index (χ4n) is 2.99. The van der Waals surface area contributed by atoms with Crippen LogP contribution in [0.15, 0.2) is 42.5 Å². The summed E-state index contributed by atoms with van der Waals surface area (Å²) in [5.41, 5.74) is 5.91. The number of carbonyl (C=O) groups is 1. The Bertz CT molecular complexity index is 694. The van der Waals surface area contributed by atoms with Crippen LogP contribution >= 0.6 is 0 Å². The summed E-state index contributed by atoms with van der Waals surface area (Å²) in [4.78, 5) is 12.3. The molecule has 1 aliphatic rings. The highest BCUT2D eigenvalue weighted by molar-refractivity contribution is 5.91. The molecular formula is C19H22N2O. The molecule has 1 unspecified atom stereocenters. The van der Waals surface area contributed by atoms with E-state index in [9.17, 15) is 4.79 Å². The molecule has 0 radical (unpaired) electrons. The summed E-state index contributed by atoms with van der Waals surface area (Å²) in [5.74, 6) is 0.0532. The Kier molecular flexibility index (Phi) is 4.25. The number of rotatable bonds is 3. The van der Waals surface area contributed by atoms with Gasteiger partial charge >= 0.3 is 0 Å². The third-order valence-corrected chi connectivity index (χ3v) is 4.40. The molecule has 2 aromatic rings. The normalized spacial score (nSPS) is 16.9. The van der Waals surface area contributed by atoms with Gasteiger partial charge < -0.3 is 10.6 Å². The summed E-state index contributed by atoms with van der Waals surface area (Å²) in [6, 6.07) is 14.5. The molecule has 0 fully saturated rings. The first-order valence-corrected chi connectivity index (χ1v) is 7.82. The molecule has 1 amide bonds. The minimum absolute atomic E-state index is 0.0532. The van der Waals surface area contributed by atoms with Crippen molar-refractivity contribution in [2.24, 2.45) is 0 Å². The van der Waals surface area contributed by atoms with E-state index in [2.05, 4.69) is 42.7 Å². The monoisotopic (exact) mass is 294 g/mol. The Morgan fingerprint density at radius 2 is 2.00 bits per heavy atom. The van der Waals surface area contributed by atoms with E-state index in [1.165, 1.54) is 22.3 Å². The van der Waals surface area contributed by atoms with E-state index in [1.54, 1.807) is 0 Å². The van der Waals surface area contributed by atoms with Crippen LogP contribution in [-0.4, -0.2) is 12.5 Å². The lowest BCUT2D eigenvalue weighted by Gasteiger charge is -2.26. The molecule has 1 aliphatic heterocycles. The highest BCUT2D eigenvalue weighted by Crippen LogP contribution is 2.25. The molecule has 3 rings (SSSR count). The van der Waals surface area contributed by atoms with Gasteiger partial charge in [-0.25, -0.2) is 0 Å². The van der Waals surface area contributed by atoms with E-state index in [1.807, 2.05) is 24.3 Å². The van der Waals surface area contributed by atoms with Crippen molar-refractivity contribution in [1.82, 2.24) is 5.32 Å². The topological polar surface area (TPSA) is 41.1 Å². The van der Waals surface area contributed by atoms with Crippen LogP contribution in [0.25, 0.3) is 0 Å². The zero-order valence-electron chi connectivity index (χ0n) is 13.1. The average molecular weight is 294 g/mol. The molecule has 0 saturated heterocycles. The van der Waals surface area contributed by atoms with Crippen LogP contribution in [0.3, 0.4) is 0 Å². The number of aryl methyl sites for hydroxylation is 2. The lowest BCUT2D eigenvalue weighted by molar-refractivity contribution is -0.116. The molecule has 0 aliphatic carbocycles. The molecule has 3 nitrogen and oxygen atoms in total. The average Bonchev–Trinajstić information content (AvgIpc) is 2.51. The van der Waals surface area contributed by atoms with Gasteiger partial charge in [-0.1, -0.05) is 30.3 Å². The molecule has 114 valence electrons. The number of hydrogen-bond acceptors (Lipinski definition) is 2. The van der Waals surface area contributed by atoms with Crippen molar-refractivity contribution < 1.29 is 4.79 Å². The largest absolute Gasteiger partial charge is 0.326 e. The van der Waals surface area contributed by atoms with Crippen LogP contribution < -0.4 is 10.6 Å². The maximum Gasteiger partial charge on any atom is 0.226 e. The number of nitrogens with one attached hydrogen (secondary N) is 2. The minimum Gasteiger partial charge on any atom is -0.326 e. The number of amides is 1. The van der Waals surface area contributed by atoms with Crippen LogP contribution in [0.1, 0.15) is 34.7 Å². The molecule has 0 spiro atoms. The van der Waals surface area contributed by atoms with Crippen molar-refractivity contribution >= 4 is 11.6 Å². The van der Waals surface area contributed by atoms with Crippen LogP contribution in [0.4, 0.5) is 5.69 Å². The Hall–Kier alpha value is -2.13. The maximum atomic E-state index is 12.3. The molecule has 0 aromatic heterocycles. The summed E-state index contributed by atoms with van der Waals surface area (Å²) < 4.78 is 0. The quantitative estimate of drug-likeness (QED) is 0.909. The number of benzene rings is 2. The van der Waals surface area contributed by atoms with Gasteiger partial charge in [-0.05, 0) is 61.2 Å². The van der Waals surface area contributed by atoms with E-state index < -0.39 is 0 Å². The van der Waals surface area contributed by atoms with E-state index in [-0.39, 0.29) is 11.9 Å². The zero-order chi connectivity index (χ0) is 15.5. The van der Waals surface area contributed by atoms with Gasteiger partial charge in [0.2, 0.25) is 5.91 Å². The molecule has 1 atom stereocenters. The Balaban J connectivity index is 1.69. The van der Waals surface area contributed by atoms with Gasteiger partial charge in [0.1, 0.15) is 0 Å². The van der Waals surface area contributed by atoms with Crippen molar-refractivity contribution in [2.75, 3.05) is 11.9 Å². The fraction of sp³-hybridized carbons (Fsp3) is 0.316. The van der Waals surface area contributed by atoms with Gasteiger partial charge in [0.05, 0.1) is 0 Å². The number of fused-ring (bicyclic) bond motifs is 1. The van der Waals surface area contributed by atoms with Crippen molar-refractivity contribution in [2.45, 2.75) is 32.7 Å². The van der Waals surface area contributed by atoms with Crippen molar-refractivity contribution in [3.8, 4) is 0 Å². The molecule has 0 bridgehead atoms. The predicted molar refractivity (Wildman–Crippen MR) is 90.1 cm³/mol. The smallest absolute Gasteiger partial charge is 0.226 e. The minimum atomic E-state index is 0.0532. The first-order chi connectivity index (χ1) is 10.6. The summed E-state index contributed by atoms with van der Waals surface area (Å²) in [6.07, 6.45) is 1.50. The SMILES string of the molecule is Cc1ccc(NC(=O)CC2NCCc3ccccc32)cc1C. The predicted octanol–water partition coefficient (Wildman–Crippen LogP) is 3.52. The Morgan fingerprint density at radius 1 is 1.18 bits per heavy atom.